The van der Waals surface area contributed by atoms with Crippen molar-refractivity contribution >= 4 is 23.5 Å². The van der Waals surface area contributed by atoms with Crippen LogP contribution in [0.4, 0.5) is 18.9 Å². The first-order valence-corrected chi connectivity index (χ1v) is 12.3. The molecule has 14 heteroatoms. The molecule has 3 aromatic rings. The number of nitrogens with one attached hydrogen (secondary N) is 2. The molecule has 0 atom stereocenters. The van der Waals surface area contributed by atoms with Crippen LogP contribution < -0.4 is 24.8 Å². The van der Waals surface area contributed by atoms with Crippen LogP contribution in [-0.2, 0) is 27.4 Å². The quantitative estimate of drug-likeness (QED) is 0.270. The summed E-state index contributed by atoms with van der Waals surface area (Å²) in [5.41, 5.74) is 1.83. The molecule has 0 radical (unpaired) electrons. The van der Waals surface area contributed by atoms with Crippen molar-refractivity contribution in [1.29, 1.82) is 0 Å². The van der Waals surface area contributed by atoms with Crippen LogP contribution in [0.25, 0.3) is 11.1 Å². The molecule has 0 spiro atoms. The highest BCUT2D eigenvalue weighted by atomic mass is 19.4. The third kappa shape index (κ3) is 8.33. The van der Waals surface area contributed by atoms with Crippen molar-refractivity contribution in [1.82, 2.24) is 10.3 Å². The summed E-state index contributed by atoms with van der Waals surface area (Å²) in [5, 5.41) is 14.1. The number of ether oxygens (including phenoxy) is 4. The van der Waals surface area contributed by atoms with E-state index in [-0.39, 0.29) is 36.0 Å². The van der Waals surface area contributed by atoms with E-state index in [1.165, 1.54) is 63.8 Å². The molecule has 0 saturated carbocycles. The highest BCUT2D eigenvalue weighted by Crippen LogP contribution is 2.42. The molecule has 1 aromatic heterocycles. The van der Waals surface area contributed by atoms with Gasteiger partial charge in [0.25, 0.3) is 5.91 Å². The second-order valence-corrected chi connectivity index (χ2v) is 8.62. The number of nitrogens with zero attached hydrogens (tertiary/aromatic N) is 1. The number of hydrogen-bond acceptors (Lipinski definition) is 9. The minimum absolute atomic E-state index is 0.00272. The third-order valence-corrected chi connectivity index (χ3v) is 5.78. The van der Waals surface area contributed by atoms with Crippen molar-refractivity contribution in [2.24, 2.45) is 0 Å². The van der Waals surface area contributed by atoms with E-state index in [0.717, 1.165) is 5.56 Å². The van der Waals surface area contributed by atoms with Gasteiger partial charge in [-0.3, -0.25) is 9.59 Å². The summed E-state index contributed by atoms with van der Waals surface area (Å²) < 4.78 is 58.5. The van der Waals surface area contributed by atoms with Crippen LogP contribution in [0.1, 0.15) is 21.7 Å². The maximum absolute atomic E-state index is 12.4. The van der Waals surface area contributed by atoms with Crippen LogP contribution in [0.2, 0.25) is 0 Å². The molecule has 3 rings (SSSR count). The van der Waals surface area contributed by atoms with E-state index in [4.69, 9.17) is 18.9 Å². The Morgan fingerprint density at radius 2 is 1.60 bits per heavy atom. The van der Waals surface area contributed by atoms with E-state index in [1.807, 2.05) is 0 Å². The molecule has 0 saturated heterocycles. The first kappa shape index (κ1) is 31.7. The Bertz CT molecular complexity index is 1400. The van der Waals surface area contributed by atoms with Gasteiger partial charge in [0.1, 0.15) is 22.9 Å². The summed E-state index contributed by atoms with van der Waals surface area (Å²) in [7, 11) is 4.05. The summed E-state index contributed by atoms with van der Waals surface area (Å²) in [6.07, 6.45) is -4.60. The average molecular weight is 592 g/mol. The van der Waals surface area contributed by atoms with Gasteiger partial charge in [-0.05, 0) is 41.8 Å². The molecule has 2 aromatic carbocycles. The van der Waals surface area contributed by atoms with E-state index in [9.17, 15) is 32.7 Å². The molecule has 0 unspecified atom stereocenters. The molecule has 1 heterocycles. The molecule has 0 fully saturated rings. The van der Waals surface area contributed by atoms with Crippen LogP contribution in [0.15, 0.2) is 48.5 Å². The number of methoxy groups -OCH3 is 3. The Morgan fingerprint density at radius 3 is 2.14 bits per heavy atom. The number of halogens is 3. The Kier molecular flexibility index (Phi) is 10.7. The molecule has 0 aliphatic rings. The maximum atomic E-state index is 12.4. The van der Waals surface area contributed by atoms with Gasteiger partial charge < -0.3 is 34.7 Å². The lowest BCUT2D eigenvalue weighted by Crippen LogP contribution is -2.30. The number of benzene rings is 2. The molecular formula is C28H28F3N3O8. The molecule has 0 aliphatic carbocycles. The van der Waals surface area contributed by atoms with Crippen LogP contribution in [0.5, 0.6) is 17.2 Å². The van der Waals surface area contributed by atoms with Gasteiger partial charge in [-0.2, -0.15) is 13.2 Å². The number of esters is 1. The number of amides is 2. The van der Waals surface area contributed by atoms with E-state index >= 15 is 0 Å². The summed E-state index contributed by atoms with van der Waals surface area (Å²) >= 11 is 0. The van der Waals surface area contributed by atoms with Gasteiger partial charge in [0.05, 0.1) is 39.2 Å². The van der Waals surface area contributed by atoms with Crippen molar-refractivity contribution in [3.63, 3.8) is 0 Å². The predicted octanol–water partition coefficient (Wildman–Crippen LogP) is 3.28. The van der Waals surface area contributed by atoms with Crippen molar-refractivity contribution in [3.05, 3.63) is 65.5 Å². The predicted molar refractivity (Wildman–Crippen MR) is 143 cm³/mol. The number of aromatic nitrogens is 1. The Labute approximate surface area is 238 Å². The van der Waals surface area contributed by atoms with Gasteiger partial charge in [-0.1, -0.05) is 12.1 Å². The normalized spacial score (nSPS) is 10.9. The maximum Gasteiger partial charge on any atom is 0.471 e. The molecule has 2 amide bonds. The lowest BCUT2D eigenvalue weighted by atomic mass is 10.0. The highest BCUT2D eigenvalue weighted by molar-refractivity contribution is 5.95. The van der Waals surface area contributed by atoms with E-state index in [1.54, 1.807) is 11.4 Å². The van der Waals surface area contributed by atoms with Gasteiger partial charge >= 0.3 is 18.1 Å². The van der Waals surface area contributed by atoms with Crippen molar-refractivity contribution in [2.75, 3.05) is 39.8 Å². The Morgan fingerprint density at radius 1 is 0.952 bits per heavy atom. The minimum Gasteiger partial charge on any atom is -0.496 e. The number of rotatable bonds is 12. The van der Waals surface area contributed by atoms with Gasteiger partial charge in [0.15, 0.2) is 6.61 Å². The Balaban J connectivity index is 1.63. The zero-order chi connectivity index (χ0) is 30.9. The summed E-state index contributed by atoms with van der Waals surface area (Å²) in [6.45, 7) is -0.547. The van der Waals surface area contributed by atoms with Crippen LogP contribution in [-0.4, -0.2) is 68.5 Å². The first-order valence-electron chi connectivity index (χ1n) is 12.3. The smallest absolute Gasteiger partial charge is 0.471 e. The lowest BCUT2D eigenvalue weighted by molar-refractivity contribution is -0.167. The van der Waals surface area contributed by atoms with Crippen LogP contribution >= 0.6 is 0 Å². The number of alkyl halides is 3. The molecule has 42 heavy (non-hydrogen) atoms. The molecule has 11 nitrogen and oxygen atoms in total. The fourth-order valence-electron chi connectivity index (χ4n) is 3.78. The fraction of sp³-hybridized carbons (Fsp3) is 0.286. The monoisotopic (exact) mass is 591 g/mol. The average Bonchev–Trinajstić information content (AvgIpc) is 2.98. The first-order chi connectivity index (χ1) is 20.0. The largest absolute Gasteiger partial charge is 0.496 e. The van der Waals surface area contributed by atoms with Crippen LogP contribution in [0.3, 0.4) is 0 Å². The van der Waals surface area contributed by atoms with E-state index in [2.05, 4.69) is 10.3 Å². The second-order valence-electron chi connectivity index (χ2n) is 8.62. The van der Waals surface area contributed by atoms with Crippen molar-refractivity contribution in [2.45, 2.75) is 19.2 Å². The van der Waals surface area contributed by atoms with E-state index in [0.29, 0.717) is 29.0 Å². The standard InChI is InChI=1S/C28H28F3N3O8/c1-39-22-12-20(13-23(40-2)25(22)17-10-19(14-35)33-21(11-17)26(37)41-3)42-15-24(36)32-9-8-16-4-6-18(7-5-16)34-27(38)28(29,30)31/h4-7,10-13,35H,8-9,14-15H2,1-3H3,(H,32,36)(H,34,38). The SMILES string of the molecule is COC(=O)c1cc(-c2c(OC)cc(OCC(=O)NCCc3ccc(NC(=O)C(F)(F)F)cc3)cc2OC)cc(CO)n1. The molecule has 224 valence electrons. The van der Waals surface area contributed by atoms with Crippen molar-refractivity contribution < 1.29 is 51.6 Å². The number of pyridine rings is 1. The summed E-state index contributed by atoms with van der Waals surface area (Å²) in [4.78, 5) is 39.5. The zero-order valence-corrected chi connectivity index (χ0v) is 22.8. The van der Waals surface area contributed by atoms with Crippen molar-refractivity contribution in [3.8, 4) is 28.4 Å². The topological polar surface area (TPSA) is 145 Å². The van der Waals surface area contributed by atoms with Gasteiger partial charge in [-0.25, -0.2) is 9.78 Å². The number of carbonyl (C=O) groups excluding carboxylic acids is 3. The number of carbonyl (C=O) groups is 3. The van der Waals surface area contributed by atoms with Crippen LogP contribution in [0, 0.1) is 0 Å². The molecule has 3 N–H and O–H groups in total. The number of hydrogen-bond donors (Lipinski definition) is 3. The number of anilines is 1. The number of aliphatic hydroxyl groups is 1. The summed E-state index contributed by atoms with van der Waals surface area (Å²) in [6, 6.07) is 11.8. The Hall–Kier alpha value is -4.85. The van der Waals surface area contributed by atoms with Gasteiger partial charge in [0, 0.05) is 24.4 Å². The van der Waals surface area contributed by atoms with E-state index < -0.39 is 30.6 Å². The minimum atomic E-state index is -4.98. The zero-order valence-electron chi connectivity index (χ0n) is 22.8. The highest BCUT2D eigenvalue weighted by Gasteiger charge is 2.38. The second kappa shape index (κ2) is 14.2. The molecule has 0 bridgehead atoms. The lowest BCUT2D eigenvalue weighted by Gasteiger charge is -2.17. The number of aliphatic hydroxyl groups excluding tert-OH is 1. The fourth-order valence-corrected chi connectivity index (χ4v) is 3.78. The molecule has 0 aliphatic heterocycles. The van der Waals surface area contributed by atoms with Gasteiger partial charge in [-0.15, -0.1) is 0 Å². The summed E-state index contributed by atoms with van der Waals surface area (Å²) in [5.74, 6) is -2.34. The third-order valence-electron chi connectivity index (χ3n) is 5.78. The van der Waals surface area contributed by atoms with Gasteiger partial charge in [0.2, 0.25) is 0 Å². The molecular weight excluding hydrogens is 563 g/mol.